The van der Waals surface area contributed by atoms with Crippen molar-refractivity contribution in [2.24, 2.45) is 0 Å². The zero-order valence-electron chi connectivity index (χ0n) is 18.5. The van der Waals surface area contributed by atoms with Gasteiger partial charge in [0.2, 0.25) is 4.96 Å². The standard InChI is InChI=1S/C26H25N3O3S/c1-2-3-4-7-14-31-21-12-10-19(11-13-21)24-27-26-29(28-24)25(30)23(33-26)16-18-15-20-8-5-6-9-22(20)32-17-18/h5-6,8-13,15-16H,2-4,7,14,17H2,1H3/b23-16+. The van der Waals surface area contributed by atoms with Crippen molar-refractivity contribution in [3.05, 3.63) is 74.6 Å². The number of ether oxygens (including phenoxy) is 2. The van der Waals surface area contributed by atoms with Crippen LogP contribution in [0.25, 0.3) is 28.5 Å². The van der Waals surface area contributed by atoms with Crippen LogP contribution in [0.4, 0.5) is 0 Å². The van der Waals surface area contributed by atoms with Gasteiger partial charge in [0.25, 0.3) is 5.56 Å². The van der Waals surface area contributed by atoms with Crippen molar-refractivity contribution in [3.63, 3.8) is 0 Å². The first-order chi connectivity index (χ1) is 16.2. The molecule has 5 rings (SSSR count). The molecule has 0 radical (unpaired) electrons. The van der Waals surface area contributed by atoms with E-state index in [1.54, 1.807) is 0 Å². The van der Waals surface area contributed by atoms with Crippen molar-refractivity contribution in [1.82, 2.24) is 14.6 Å². The summed E-state index contributed by atoms with van der Waals surface area (Å²) in [6.07, 6.45) is 8.63. The lowest BCUT2D eigenvalue weighted by molar-refractivity contribution is 0.305. The van der Waals surface area contributed by atoms with Gasteiger partial charge in [-0.05, 0) is 54.5 Å². The van der Waals surface area contributed by atoms with Gasteiger partial charge >= 0.3 is 0 Å². The number of para-hydroxylation sites is 1. The van der Waals surface area contributed by atoms with Gasteiger partial charge in [-0.2, -0.15) is 9.50 Å². The summed E-state index contributed by atoms with van der Waals surface area (Å²) in [7, 11) is 0. The van der Waals surface area contributed by atoms with Crippen molar-refractivity contribution < 1.29 is 9.47 Å². The maximum Gasteiger partial charge on any atom is 0.291 e. The number of thiazole rings is 1. The Balaban J connectivity index is 1.33. The summed E-state index contributed by atoms with van der Waals surface area (Å²) in [5, 5.41) is 4.45. The summed E-state index contributed by atoms with van der Waals surface area (Å²) >= 11 is 1.34. The molecule has 3 heterocycles. The maximum absolute atomic E-state index is 12.9. The van der Waals surface area contributed by atoms with Gasteiger partial charge in [-0.1, -0.05) is 55.7 Å². The van der Waals surface area contributed by atoms with Crippen LogP contribution in [0.1, 0.15) is 38.2 Å². The molecule has 168 valence electrons. The monoisotopic (exact) mass is 459 g/mol. The van der Waals surface area contributed by atoms with Crippen LogP contribution in [0, 0.1) is 0 Å². The Hall–Kier alpha value is -3.45. The van der Waals surface area contributed by atoms with Gasteiger partial charge in [-0.15, -0.1) is 5.10 Å². The van der Waals surface area contributed by atoms with E-state index in [-0.39, 0.29) is 5.56 Å². The van der Waals surface area contributed by atoms with Crippen molar-refractivity contribution >= 4 is 28.4 Å². The molecular weight excluding hydrogens is 434 g/mol. The predicted octanol–water partition coefficient (Wildman–Crippen LogP) is 4.75. The summed E-state index contributed by atoms with van der Waals surface area (Å²) < 4.78 is 13.6. The smallest absolute Gasteiger partial charge is 0.291 e. The molecule has 0 N–H and O–H groups in total. The largest absolute Gasteiger partial charge is 0.494 e. The molecule has 0 atom stereocenters. The number of benzene rings is 2. The second-order valence-corrected chi connectivity index (χ2v) is 9.03. The number of rotatable bonds is 8. The van der Waals surface area contributed by atoms with E-state index in [9.17, 15) is 4.79 Å². The molecule has 0 aliphatic carbocycles. The fourth-order valence-electron chi connectivity index (χ4n) is 3.76. The summed E-state index contributed by atoms with van der Waals surface area (Å²) in [6.45, 7) is 3.36. The van der Waals surface area contributed by atoms with Crippen LogP contribution in [0.3, 0.4) is 0 Å². The molecule has 0 fully saturated rings. The van der Waals surface area contributed by atoms with Crippen LogP contribution in [0.5, 0.6) is 11.5 Å². The van der Waals surface area contributed by atoms with Crippen LogP contribution in [-0.4, -0.2) is 27.8 Å². The Bertz CT molecular complexity index is 1400. The fourth-order valence-corrected chi connectivity index (χ4v) is 4.68. The summed E-state index contributed by atoms with van der Waals surface area (Å²) in [5.41, 5.74) is 2.65. The molecular formula is C26H25N3O3S. The highest BCUT2D eigenvalue weighted by atomic mass is 32.1. The third-order valence-electron chi connectivity index (χ3n) is 5.53. The lowest BCUT2D eigenvalue weighted by atomic mass is 10.1. The molecule has 33 heavy (non-hydrogen) atoms. The van der Waals surface area contributed by atoms with Gasteiger partial charge in [0, 0.05) is 11.1 Å². The molecule has 0 bridgehead atoms. The molecule has 6 nitrogen and oxygen atoms in total. The van der Waals surface area contributed by atoms with Gasteiger partial charge in [0.05, 0.1) is 11.1 Å². The Labute approximate surface area is 195 Å². The third kappa shape index (κ3) is 4.68. The summed E-state index contributed by atoms with van der Waals surface area (Å²) in [6, 6.07) is 15.6. The number of aromatic nitrogens is 3. The molecule has 1 aliphatic rings. The predicted molar refractivity (Wildman–Crippen MR) is 132 cm³/mol. The SMILES string of the molecule is CCCCCCOc1ccc(-c2nc3s/c(=C/C4=Cc5ccccc5OC4)c(=O)n3n2)cc1. The van der Waals surface area contributed by atoms with Gasteiger partial charge < -0.3 is 9.47 Å². The third-order valence-corrected chi connectivity index (χ3v) is 6.49. The summed E-state index contributed by atoms with van der Waals surface area (Å²) in [4.78, 5) is 18.0. The fraction of sp³-hybridized carbons (Fsp3) is 0.269. The molecule has 7 heteroatoms. The van der Waals surface area contributed by atoms with Crippen LogP contribution < -0.4 is 19.6 Å². The van der Waals surface area contributed by atoms with E-state index in [0.717, 1.165) is 41.2 Å². The zero-order valence-corrected chi connectivity index (χ0v) is 19.3. The maximum atomic E-state index is 12.9. The van der Waals surface area contributed by atoms with Crippen molar-refractivity contribution in [3.8, 4) is 22.9 Å². The summed E-state index contributed by atoms with van der Waals surface area (Å²) in [5.74, 6) is 2.23. The molecule has 0 unspecified atom stereocenters. The minimum atomic E-state index is -0.166. The van der Waals surface area contributed by atoms with Crippen LogP contribution >= 0.6 is 11.3 Å². The van der Waals surface area contributed by atoms with E-state index < -0.39 is 0 Å². The first-order valence-electron chi connectivity index (χ1n) is 11.3. The van der Waals surface area contributed by atoms with Crippen molar-refractivity contribution in [1.29, 1.82) is 0 Å². The van der Waals surface area contributed by atoms with E-state index in [1.165, 1.54) is 35.1 Å². The quantitative estimate of drug-likeness (QED) is 0.356. The van der Waals surface area contributed by atoms with Gasteiger partial charge in [-0.3, -0.25) is 4.79 Å². The molecule has 4 aromatic rings. The first kappa shape index (κ1) is 21.4. The Morgan fingerprint density at radius 3 is 2.79 bits per heavy atom. The lowest BCUT2D eigenvalue weighted by Gasteiger charge is -2.15. The number of unbranched alkanes of at least 4 members (excludes halogenated alkanes) is 3. The normalized spacial score (nSPS) is 13.6. The minimum Gasteiger partial charge on any atom is -0.494 e. The molecule has 0 saturated heterocycles. The van der Waals surface area contributed by atoms with E-state index in [1.807, 2.05) is 60.7 Å². The van der Waals surface area contributed by atoms with E-state index >= 15 is 0 Å². The van der Waals surface area contributed by atoms with Crippen molar-refractivity contribution in [2.45, 2.75) is 32.6 Å². The molecule has 2 aromatic heterocycles. The van der Waals surface area contributed by atoms with E-state index in [0.29, 0.717) is 21.9 Å². The number of nitrogens with zero attached hydrogens (tertiary/aromatic N) is 3. The average Bonchev–Trinajstić information content (AvgIpc) is 3.38. The highest BCUT2D eigenvalue weighted by Crippen LogP contribution is 2.26. The van der Waals surface area contributed by atoms with E-state index in [2.05, 4.69) is 17.0 Å². The number of fused-ring (bicyclic) bond motifs is 2. The van der Waals surface area contributed by atoms with Gasteiger partial charge in [-0.25, -0.2) is 0 Å². The Morgan fingerprint density at radius 2 is 1.97 bits per heavy atom. The highest BCUT2D eigenvalue weighted by Gasteiger charge is 2.14. The lowest BCUT2D eigenvalue weighted by Crippen LogP contribution is -2.24. The Kier molecular flexibility index (Phi) is 6.21. The van der Waals surface area contributed by atoms with Gasteiger partial charge in [0.15, 0.2) is 5.82 Å². The second kappa shape index (κ2) is 9.58. The average molecular weight is 460 g/mol. The minimum absolute atomic E-state index is 0.166. The molecule has 0 amide bonds. The zero-order chi connectivity index (χ0) is 22.6. The number of hydrogen-bond donors (Lipinski definition) is 0. The van der Waals surface area contributed by atoms with Crippen LogP contribution in [0.15, 0.2) is 58.9 Å². The van der Waals surface area contributed by atoms with Crippen LogP contribution in [-0.2, 0) is 0 Å². The number of hydrogen-bond acceptors (Lipinski definition) is 6. The molecule has 0 saturated carbocycles. The molecule has 1 aliphatic heterocycles. The molecule has 2 aromatic carbocycles. The topological polar surface area (TPSA) is 65.7 Å². The van der Waals surface area contributed by atoms with Crippen LogP contribution in [0.2, 0.25) is 0 Å². The second-order valence-electron chi connectivity index (χ2n) is 8.02. The highest BCUT2D eigenvalue weighted by molar-refractivity contribution is 7.15. The Morgan fingerprint density at radius 1 is 1.12 bits per heavy atom. The van der Waals surface area contributed by atoms with Crippen molar-refractivity contribution in [2.75, 3.05) is 13.2 Å². The first-order valence-corrected chi connectivity index (χ1v) is 12.1. The van der Waals surface area contributed by atoms with E-state index in [4.69, 9.17) is 9.47 Å². The molecule has 0 spiro atoms. The van der Waals surface area contributed by atoms with Gasteiger partial charge in [0.1, 0.15) is 18.1 Å².